The van der Waals surface area contributed by atoms with E-state index < -0.39 is 54.5 Å². The molecule has 0 saturated heterocycles. The van der Waals surface area contributed by atoms with E-state index in [0.717, 1.165) is 67.2 Å². The molecule has 0 bridgehead atoms. The van der Waals surface area contributed by atoms with Gasteiger partial charge in [0.1, 0.15) is 30.9 Å². The first-order valence-electron chi connectivity index (χ1n) is 30.4. The lowest BCUT2D eigenvalue weighted by atomic mass is 9.98. The number of esters is 1. The average Bonchev–Trinajstić information content (AvgIpc) is 3.98. The first-order valence-corrected chi connectivity index (χ1v) is 32.1. The van der Waals surface area contributed by atoms with Crippen LogP contribution >= 0.6 is 7.60 Å². The number of unbranched alkanes of at least 4 members (excludes halogenated alkanes) is 16. The number of hydrogen-bond acceptors (Lipinski definition) is 13. The average molecular weight is 1170 g/mol. The maximum Gasteiger partial charge on any atom is 0.407 e. The number of carboxylic acids is 1. The van der Waals surface area contributed by atoms with Crippen molar-refractivity contribution in [3.8, 4) is 11.1 Å². The van der Waals surface area contributed by atoms with E-state index >= 15 is 0 Å². The quantitative estimate of drug-likeness (QED) is 0.0236. The molecule has 4 amide bonds. The zero-order chi connectivity index (χ0) is 60.4. The molecule has 0 saturated carbocycles. The molecule has 0 spiro atoms. The fraction of sp³-hybridized carbons (Fsp3) is 0.714. The van der Waals surface area contributed by atoms with Gasteiger partial charge in [0.05, 0.1) is 37.2 Å². The van der Waals surface area contributed by atoms with Crippen molar-refractivity contribution in [2.75, 3.05) is 52.3 Å². The van der Waals surface area contributed by atoms with Crippen molar-refractivity contribution >= 4 is 43.3 Å². The fourth-order valence-electron chi connectivity index (χ4n) is 9.70. The van der Waals surface area contributed by atoms with Crippen LogP contribution in [0.5, 0.6) is 0 Å². The van der Waals surface area contributed by atoms with E-state index in [-0.39, 0.29) is 82.5 Å². The number of amides is 4. The molecule has 18 nitrogen and oxygen atoms in total. The van der Waals surface area contributed by atoms with E-state index in [1.807, 2.05) is 90.1 Å². The molecule has 82 heavy (non-hydrogen) atoms. The molecule has 1 aliphatic rings. The van der Waals surface area contributed by atoms with Gasteiger partial charge in [-0.2, -0.15) is 0 Å². The van der Waals surface area contributed by atoms with Gasteiger partial charge in [-0.25, -0.2) is 14.4 Å². The highest BCUT2D eigenvalue weighted by Crippen LogP contribution is 2.55. The summed E-state index contributed by atoms with van der Waals surface area (Å²) in [5.74, 6) is -2.78. The van der Waals surface area contributed by atoms with Crippen LogP contribution in [0.4, 0.5) is 4.79 Å². The van der Waals surface area contributed by atoms with Crippen molar-refractivity contribution < 1.29 is 66.4 Å². The van der Waals surface area contributed by atoms with Crippen LogP contribution in [-0.4, -0.2) is 122 Å². The number of benzene rings is 2. The Balaban J connectivity index is 1.15. The number of aliphatic carboxylic acids is 1. The van der Waals surface area contributed by atoms with Crippen LogP contribution < -0.4 is 21.3 Å². The second-order valence-electron chi connectivity index (χ2n) is 24.6. The summed E-state index contributed by atoms with van der Waals surface area (Å²) in [4.78, 5) is 75.4. The third-order valence-electron chi connectivity index (χ3n) is 13.4. The number of hydrogen-bond donors (Lipinski definition) is 5. The van der Waals surface area contributed by atoms with Crippen molar-refractivity contribution in [2.24, 2.45) is 0 Å². The van der Waals surface area contributed by atoms with Crippen LogP contribution in [0, 0.1) is 0 Å². The van der Waals surface area contributed by atoms with Gasteiger partial charge in [0.25, 0.3) is 0 Å². The smallest absolute Gasteiger partial charge is 0.407 e. The molecule has 2 atom stereocenters. The summed E-state index contributed by atoms with van der Waals surface area (Å²) in [6.45, 7) is 17.7. The minimum absolute atomic E-state index is 0.00275. The van der Waals surface area contributed by atoms with Crippen LogP contribution in [0.25, 0.3) is 11.1 Å². The standard InChI is InChI=1S/C63H103N4O14P/c1-61(2,3)79-59(73)54(66-56(69)37-24-22-20-18-16-14-12-10-11-13-15-17-19-21-23-31-45-82(75,80-62(4,5)6)81-63(7,8)9)38-39-55(68)65-41-42-76-43-44-77-47-57(70)64-40-30-29-36-53(58(71)72)67-60(74)78-46-52-50-34-27-25-32-48(50)49-33-26-28-35-51(49)52/h25-28,32-35,52-54H,10-24,29-31,36-47H2,1-9H3,(H,64,70)(H,65,68)(H,66,69)(H,67,74)(H,71,72)/t53-,54-/m0/s1. The molecule has 0 aliphatic heterocycles. The number of carboxylic acid groups (broad SMARTS) is 1. The van der Waals surface area contributed by atoms with E-state index in [1.165, 1.54) is 57.8 Å². The van der Waals surface area contributed by atoms with Crippen LogP contribution in [0.15, 0.2) is 48.5 Å². The summed E-state index contributed by atoms with van der Waals surface area (Å²) >= 11 is 0. The Hall–Kier alpha value is -4.87. The van der Waals surface area contributed by atoms with Crippen molar-refractivity contribution in [2.45, 2.75) is 238 Å². The summed E-state index contributed by atoms with van der Waals surface area (Å²) < 4.78 is 47.1. The minimum Gasteiger partial charge on any atom is -0.480 e. The topological polar surface area (TPSA) is 243 Å². The van der Waals surface area contributed by atoms with Crippen LogP contribution in [0.1, 0.15) is 221 Å². The highest BCUT2D eigenvalue weighted by molar-refractivity contribution is 7.53. The Kier molecular flexibility index (Phi) is 33.2. The van der Waals surface area contributed by atoms with Crippen molar-refractivity contribution in [1.29, 1.82) is 0 Å². The van der Waals surface area contributed by atoms with Crippen LogP contribution in [0.3, 0.4) is 0 Å². The minimum atomic E-state index is -3.15. The second kappa shape index (κ2) is 38.2. The summed E-state index contributed by atoms with van der Waals surface area (Å²) in [5.41, 5.74) is 2.51. The molecule has 464 valence electrons. The largest absolute Gasteiger partial charge is 0.480 e. The Morgan fingerprint density at radius 1 is 0.524 bits per heavy atom. The van der Waals surface area contributed by atoms with Crippen molar-refractivity contribution in [3.05, 3.63) is 59.7 Å². The number of alkyl carbamates (subject to hydrolysis) is 1. The Bertz CT molecular complexity index is 2210. The number of nitrogens with one attached hydrogen (secondary N) is 4. The molecule has 0 unspecified atom stereocenters. The first kappa shape index (κ1) is 71.4. The normalized spacial score (nSPS) is 13.4. The van der Waals surface area contributed by atoms with E-state index in [9.17, 15) is 38.4 Å². The SMILES string of the molecule is CC(C)(C)OC(=O)[C@H](CCC(=O)NCCOCCOCC(=O)NCCCC[C@H](NC(=O)OCC1c2ccccc2-c2ccccc21)C(=O)O)NC(=O)CCCCCCCCCCCCCCCCCCP(=O)(OC(C)(C)C)OC(C)(C)C. The van der Waals surface area contributed by atoms with E-state index in [4.69, 9.17) is 28.0 Å². The summed E-state index contributed by atoms with van der Waals surface area (Å²) in [6, 6.07) is 13.8. The van der Waals surface area contributed by atoms with Crippen molar-refractivity contribution in [1.82, 2.24) is 21.3 Å². The third-order valence-corrected chi connectivity index (χ3v) is 16.0. The summed E-state index contributed by atoms with van der Waals surface area (Å²) in [5, 5.41) is 20.5. The number of ether oxygens (including phenoxy) is 4. The molecular weight excluding hydrogens is 1070 g/mol. The van der Waals surface area contributed by atoms with Gasteiger partial charge in [0, 0.05) is 31.8 Å². The number of carbonyl (C=O) groups excluding carboxylic acids is 5. The lowest BCUT2D eigenvalue weighted by Crippen LogP contribution is -2.44. The van der Waals surface area contributed by atoms with E-state index in [0.29, 0.717) is 32.0 Å². The Labute approximate surface area is 490 Å². The second-order valence-corrected chi connectivity index (χ2v) is 26.6. The predicted octanol–water partition coefficient (Wildman–Crippen LogP) is 12.5. The maximum atomic E-state index is 13.4. The van der Waals surface area contributed by atoms with Crippen molar-refractivity contribution in [3.63, 3.8) is 0 Å². The van der Waals surface area contributed by atoms with Gasteiger partial charge < -0.3 is 54.4 Å². The van der Waals surface area contributed by atoms with E-state index in [1.54, 1.807) is 20.8 Å². The molecule has 5 N–H and O–H groups in total. The predicted molar refractivity (Wildman–Crippen MR) is 321 cm³/mol. The first-order chi connectivity index (χ1) is 38.8. The number of fused-ring (bicyclic) bond motifs is 3. The molecule has 0 aromatic heterocycles. The zero-order valence-electron chi connectivity index (χ0n) is 51.3. The monoisotopic (exact) mass is 1170 g/mol. The lowest BCUT2D eigenvalue weighted by Gasteiger charge is -2.32. The summed E-state index contributed by atoms with van der Waals surface area (Å²) in [6.07, 6.45) is 19.1. The highest BCUT2D eigenvalue weighted by Gasteiger charge is 2.35. The molecule has 0 radical (unpaired) electrons. The van der Waals surface area contributed by atoms with Gasteiger partial charge in [-0.1, -0.05) is 138 Å². The molecule has 0 fully saturated rings. The molecule has 0 heterocycles. The van der Waals surface area contributed by atoms with Gasteiger partial charge in [-0.3, -0.25) is 18.9 Å². The van der Waals surface area contributed by atoms with Gasteiger partial charge >= 0.3 is 25.6 Å². The maximum absolute atomic E-state index is 13.4. The van der Waals surface area contributed by atoms with E-state index in [2.05, 4.69) is 21.3 Å². The summed E-state index contributed by atoms with van der Waals surface area (Å²) in [7, 11) is -3.15. The number of rotatable bonds is 43. The lowest BCUT2D eigenvalue weighted by molar-refractivity contribution is -0.159. The van der Waals surface area contributed by atoms with Gasteiger partial charge in [0.2, 0.25) is 17.7 Å². The fourth-order valence-corrected chi connectivity index (χ4v) is 12.2. The molecule has 1 aliphatic carbocycles. The van der Waals surface area contributed by atoms with Gasteiger partial charge in [-0.15, -0.1) is 0 Å². The van der Waals surface area contributed by atoms with Crippen LogP contribution in [-0.2, 0) is 56.5 Å². The molecule has 3 rings (SSSR count). The van der Waals surface area contributed by atoms with Gasteiger partial charge in [0.15, 0.2) is 0 Å². The number of carbonyl (C=O) groups is 6. The molecule has 2 aromatic rings. The molecule has 19 heteroatoms. The highest BCUT2D eigenvalue weighted by atomic mass is 31.2. The zero-order valence-corrected chi connectivity index (χ0v) is 52.2. The molecular formula is C63H103N4O14P. The third kappa shape index (κ3) is 32.3. The van der Waals surface area contributed by atoms with Gasteiger partial charge in [-0.05, 0) is 123 Å². The van der Waals surface area contributed by atoms with Crippen LogP contribution in [0.2, 0.25) is 0 Å². The molecule has 2 aromatic carbocycles. The Morgan fingerprint density at radius 3 is 1.55 bits per heavy atom. The Morgan fingerprint density at radius 2 is 1.02 bits per heavy atom.